The molecule has 2 aromatic rings. The molecule has 0 aromatic heterocycles. The molecule has 0 heterocycles. The van der Waals surface area contributed by atoms with Crippen molar-refractivity contribution in [1.29, 1.82) is 0 Å². The lowest BCUT2D eigenvalue weighted by Crippen LogP contribution is -2.51. The molecule has 0 fully saturated rings. The van der Waals surface area contributed by atoms with Gasteiger partial charge in [0, 0.05) is 5.56 Å². The van der Waals surface area contributed by atoms with Gasteiger partial charge < -0.3 is 5.11 Å². The van der Waals surface area contributed by atoms with E-state index in [9.17, 15) is 22.0 Å². The smallest absolute Gasteiger partial charge is 0.347 e. The lowest BCUT2D eigenvalue weighted by Gasteiger charge is -2.31. The number of benzene rings is 2. The van der Waals surface area contributed by atoms with Crippen LogP contribution in [-0.4, -0.2) is 34.4 Å². The molecule has 9 heteroatoms. The van der Waals surface area contributed by atoms with Crippen molar-refractivity contribution in [1.82, 2.24) is 4.31 Å². The van der Waals surface area contributed by atoms with Gasteiger partial charge in [-0.25, -0.2) is 0 Å². The number of nitrogens with zero attached hydrogens (tertiary/aromatic N) is 1. The number of carboxylic acids is 1. The highest BCUT2D eigenvalue weighted by Gasteiger charge is 2.51. The van der Waals surface area contributed by atoms with Crippen molar-refractivity contribution in [2.45, 2.75) is 19.0 Å². The zero-order valence-corrected chi connectivity index (χ0v) is 12.7. The van der Waals surface area contributed by atoms with E-state index in [-0.39, 0.29) is 5.39 Å². The van der Waals surface area contributed by atoms with Crippen LogP contribution in [0.1, 0.15) is 12.5 Å². The van der Waals surface area contributed by atoms with Crippen LogP contribution in [0.4, 0.5) is 8.78 Å². The Morgan fingerprint density at radius 1 is 1.17 bits per heavy atom. The number of hydrogen-bond donors (Lipinski definition) is 2. The van der Waals surface area contributed by atoms with Gasteiger partial charge in [-0.1, -0.05) is 46.8 Å². The predicted octanol–water partition coefficient (Wildman–Crippen LogP) is 2.47. The van der Waals surface area contributed by atoms with Crippen LogP contribution in [-0.2, 0) is 21.1 Å². The Kier molecular flexibility index (Phi) is 4.38. The summed E-state index contributed by atoms with van der Waals surface area (Å²) in [6, 6.07) is 3.40. The molecule has 2 rings (SSSR count). The van der Waals surface area contributed by atoms with Crippen molar-refractivity contribution in [2.75, 3.05) is 0 Å². The second kappa shape index (κ2) is 5.84. The summed E-state index contributed by atoms with van der Waals surface area (Å²) in [5.74, 6) is -1.82. The molecule has 2 N–H and O–H groups in total. The van der Waals surface area contributed by atoms with Gasteiger partial charge in [-0.05, 0) is 17.7 Å². The molecule has 0 bridgehead atoms. The lowest BCUT2D eigenvalue weighted by molar-refractivity contribution is -0.160. The van der Waals surface area contributed by atoms with Crippen molar-refractivity contribution in [3.63, 3.8) is 0 Å². The molecule has 0 spiro atoms. The highest BCUT2D eigenvalue weighted by molar-refractivity contribution is 7.83. The minimum Gasteiger partial charge on any atom is -0.480 e. The monoisotopic (exact) mass is 345 g/mol. The van der Waals surface area contributed by atoms with Gasteiger partial charge in [0.25, 0.3) is 0 Å². The van der Waals surface area contributed by atoms with E-state index in [1.54, 1.807) is 18.2 Å². The first-order valence-corrected chi connectivity index (χ1v) is 7.82. The van der Waals surface area contributed by atoms with Gasteiger partial charge in [0.2, 0.25) is 0 Å². The number of alkyl halides is 2. The van der Waals surface area contributed by atoms with E-state index < -0.39 is 38.2 Å². The fourth-order valence-electron chi connectivity index (χ4n) is 2.29. The molecule has 0 aliphatic carbocycles. The Bertz CT molecular complexity index is 848. The lowest BCUT2D eigenvalue weighted by atomic mass is 10.0. The zero-order valence-electron chi connectivity index (χ0n) is 11.8. The summed E-state index contributed by atoms with van der Waals surface area (Å²) >= 11 is 0. The van der Waals surface area contributed by atoms with E-state index in [2.05, 4.69) is 0 Å². The van der Waals surface area contributed by atoms with Gasteiger partial charge in [0.05, 0.1) is 0 Å². The van der Waals surface area contributed by atoms with Gasteiger partial charge in [0.15, 0.2) is 0 Å². The summed E-state index contributed by atoms with van der Waals surface area (Å²) < 4.78 is 60.7. The molecule has 0 unspecified atom stereocenters. The van der Waals surface area contributed by atoms with E-state index in [0.717, 1.165) is 13.0 Å². The summed E-state index contributed by atoms with van der Waals surface area (Å²) in [5, 5.41) is 9.36. The van der Waals surface area contributed by atoms with Crippen molar-refractivity contribution >= 4 is 27.0 Å². The van der Waals surface area contributed by atoms with Gasteiger partial charge in [-0.2, -0.15) is 17.2 Å². The molecule has 0 aliphatic rings. The maximum Gasteiger partial charge on any atom is 0.347 e. The second-order valence-corrected chi connectivity index (χ2v) is 6.14. The van der Waals surface area contributed by atoms with E-state index in [0.29, 0.717) is 5.39 Å². The molecule has 0 radical (unpaired) electrons. The summed E-state index contributed by atoms with van der Waals surface area (Å²) in [6.07, 6.45) is 0. The summed E-state index contributed by atoms with van der Waals surface area (Å²) in [7, 11) is -5.48. The molecule has 23 heavy (non-hydrogen) atoms. The number of rotatable bonds is 5. The van der Waals surface area contributed by atoms with Gasteiger partial charge in [0.1, 0.15) is 6.04 Å². The third kappa shape index (κ3) is 3.16. The quantitative estimate of drug-likeness (QED) is 0.641. The van der Waals surface area contributed by atoms with Gasteiger partial charge in [-0.3, -0.25) is 9.35 Å². The van der Waals surface area contributed by atoms with Crippen molar-refractivity contribution in [3.05, 3.63) is 48.0 Å². The van der Waals surface area contributed by atoms with Crippen LogP contribution in [0.2, 0.25) is 0 Å². The molecular weight excluding hydrogens is 332 g/mol. The number of carbonyl (C=O) groups is 1. The van der Waals surface area contributed by atoms with Crippen LogP contribution in [0.25, 0.3) is 10.8 Å². The van der Waals surface area contributed by atoms with Crippen LogP contribution in [0.5, 0.6) is 0 Å². The van der Waals surface area contributed by atoms with Crippen LogP contribution >= 0.6 is 0 Å². The van der Waals surface area contributed by atoms with Crippen molar-refractivity contribution < 1.29 is 31.7 Å². The topological polar surface area (TPSA) is 94.9 Å². The maximum absolute atomic E-state index is 14.8. The molecule has 1 atom stereocenters. The average Bonchev–Trinajstić information content (AvgIpc) is 2.44. The standard InChI is InChI=1S/C14H13F2NO5S/c1-9(13(18)19)17(23(20,21)22)14(15,16)12-8-4-6-10-5-2-3-7-11(10)12/h2-9H,1H3,(H,18,19)(H,20,21,22)/t9-/m0/s1. The first-order valence-electron chi connectivity index (χ1n) is 6.42. The highest BCUT2D eigenvalue weighted by atomic mass is 32.2. The number of aliphatic carboxylic acids is 1. The Balaban J connectivity index is 2.72. The van der Waals surface area contributed by atoms with Crippen LogP contribution < -0.4 is 0 Å². The molecule has 0 saturated carbocycles. The molecular formula is C14H13F2NO5S. The zero-order chi connectivity index (χ0) is 17.4. The summed E-state index contributed by atoms with van der Waals surface area (Å²) in [6.45, 7) is 0.745. The molecule has 6 nitrogen and oxygen atoms in total. The van der Waals surface area contributed by atoms with Crippen molar-refractivity contribution in [2.24, 2.45) is 0 Å². The van der Waals surface area contributed by atoms with E-state index in [4.69, 9.17) is 9.66 Å². The number of fused-ring (bicyclic) bond motifs is 1. The van der Waals surface area contributed by atoms with E-state index in [1.807, 2.05) is 0 Å². The van der Waals surface area contributed by atoms with Crippen LogP contribution in [0, 0.1) is 0 Å². The summed E-state index contributed by atoms with van der Waals surface area (Å²) in [4.78, 5) is 11.0. The van der Waals surface area contributed by atoms with Gasteiger partial charge >= 0.3 is 22.3 Å². The van der Waals surface area contributed by atoms with E-state index in [1.165, 1.54) is 18.2 Å². The van der Waals surface area contributed by atoms with Gasteiger partial charge in [-0.15, -0.1) is 0 Å². The molecule has 124 valence electrons. The third-order valence-electron chi connectivity index (χ3n) is 3.35. The number of halogens is 2. The summed E-state index contributed by atoms with van der Waals surface area (Å²) in [5.41, 5.74) is -0.721. The molecule has 0 amide bonds. The first-order chi connectivity index (χ1) is 10.6. The largest absolute Gasteiger partial charge is 0.480 e. The number of carboxylic acid groups (broad SMARTS) is 1. The fraction of sp³-hybridized carbons (Fsp3) is 0.214. The second-order valence-electron chi connectivity index (χ2n) is 4.86. The molecule has 0 aliphatic heterocycles. The van der Waals surface area contributed by atoms with Crippen molar-refractivity contribution in [3.8, 4) is 0 Å². The highest BCUT2D eigenvalue weighted by Crippen LogP contribution is 2.39. The third-order valence-corrected chi connectivity index (χ3v) is 4.39. The SMILES string of the molecule is C[C@@H](C(=O)O)N(C(F)(F)c1cccc2ccccc12)S(=O)(=O)O. The normalized spacial score (nSPS) is 14.1. The first kappa shape index (κ1) is 17.3. The Hall–Kier alpha value is -2.10. The van der Waals surface area contributed by atoms with Crippen LogP contribution in [0.15, 0.2) is 42.5 Å². The van der Waals surface area contributed by atoms with Crippen LogP contribution in [0.3, 0.4) is 0 Å². The maximum atomic E-state index is 14.8. The minimum atomic E-state index is -5.48. The Morgan fingerprint density at radius 2 is 1.74 bits per heavy atom. The molecule has 2 aromatic carbocycles. The fourth-order valence-corrected chi connectivity index (χ4v) is 3.17. The Morgan fingerprint density at radius 3 is 2.30 bits per heavy atom. The molecule has 0 saturated heterocycles. The minimum absolute atomic E-state index is 0.0474. The number of hydrogen-bond acceptors (Lipinski definition) is 3. The predicted molar refractivity (Wildman–Crippen MR) is 78.3 cm³/mol. The average molecular weight is 345 g/mol. The van der Waals surface area contributed by atoms with E-state index >= 15 is 0 Å². The Labute approximate surface area is 130 Å².